The summed E-state index contributed by atoms with van der Waals surface area (Å²) in [6.45, 7) is 13.6. The second-order valence-electron chi connectivity index (χ2n) is 17.1. The second-order valence-corrected chi connectivity index (χ2v) is 17.1. The summed E-state index contributed by atoms with van der Waals surface area (Å²) < 4.78 is 20.8. The third-order valence-corrected chi connectivity index (χ3v) is 12.4. The van der Waals surface area contributed by atoms with Gasteiger partial charge in [-0.2, -0.15) is 10.1 Å². The Hall–Kier alpha value is -6.46. The van der Waals surface area contributed by atoms with Crippen LogP contribution < -0.4 is 26.0 Å². The number of imide groups is 1. The van der Waals surface area contributed by atoms with Gasteiger partial charge in [0.1, 0.15) is 16.5 Å². The number of rotatable bonds is 11. The fraction of sp³-hybridized carbons (Fsp3) is 0.400. The predicted octanol–water partition coefficient (Wildman–Crippen LogP) is 4.72. The van der Waals surface area contributed by atoms with Crippen LogP contribution in [0, 0.1) is 11.7 Å². The van der Waals surface area contributed by atoms with Gasteiger partial charge in [-0.05, 0) is 87.6 Å². The lowest BCUT2D eigenvalue weighted by Crippen LogP contribution is -2.49. The summed E-state index contributed by atoms with van der Waals surface area (Å²) in [6.07, 6.45) is 5.71. The minimum atomic E-state index is -1.18. The van der Waals surface area contributed by atoms with Gasteiger partial charge in [-0.25, -0.2) is 23.7 Å². The molecule has 17 heteroatoms. The van der Waals surface area contributed by atoms with Crippen LogP contribution in [-0.4, -0.2) is 102 Å². The molecule has 0 radical (unpaired) electrons. The highest BCUT2D eigenvalue weighted by atomic mass is 19.1. The number of piperazine rings is 1. The molecule has 4 aromatic heterocycles. The van der Waals surface area contributed by atoms with Gasteiger partial charge in [0.25, 0.3) is 5.56 Å². The van der Waals surface area contributed by atoms with Gasteiger partial charge in [-0.3, -0.25) is 29.3 Å². The molecule has 3 aliphatic heterocycles. The third-order valence-electron chi connectivity index (χ3n) is 12.4. The van der Waals surface area contributed by atoms with Gasteiger partial charge in [0.2, 0.25) is 17.8 Å². The number of halogens is 1. The summed E-state index contributed by atoms with van der Waals surface area (Å²) in [5, 5.41) is 21.8. The topological polar surface area (TPSA) is 172 Å². The van der Waals surface area contributed by atoms with E-state index in [1.165, 1.54) is 15.6 Å². The summed E-state index contributed by atoms with van der Waals surface area (Å²) in [5.41, 5.74) is 2.79. The molecule has 7 heterocycles. The highest BCUT2D eigenvalue weighted by molar-refractivity contribution is 6.02. The number of pyridine rings is 1. The Morgan fingerprint density at radius 1 is 0.935 bits per heavy atom. The molecule has 62 heavy (non-hydrogen) atoms. The van der Waals surface area contributed by atoms with Crippen LogP contribution in [0.25, 0.3) is 27.8 Å². The molecule has 0 spiro atoms. The maximum Gasteiger partial charge on any atom is 0.278 e. The number of aromatic nitrogens is 7. The van der Waals surface area contributed by atoms with Crippen LogP contribution in [0.5, 0.6) is 0 Å². The number of nitrogens with one attached hydrogen (secondary N) is 2. The zero-order valence-corrected chi connectivity index (χ0v) is 35.2. The van der Waals surface area contributed by atoms with Gasteiger partial charge in [0.15, 0.2) is 17.3 Å². The van der Waals surface area contributed by atoms with Crippen LogP contribution in [0.3, 0.4) is 0 Å². The van der Waals surface area contributed by atoms with Crippen molar-refractivity contribution in [1.82, 2.24) is 44.3 Å². The molecular formula is C45H51FN12O4. The maximum atomic E-state index is 16.1. The highest BCUT2D eigenvalue weighted by Crippen LogP contribution is 2.36. The molecule has 3 saturated heterocycles. The number of carbonyl (C=O) groups excluding carboxylic acids is 2. The lowest BCUT2D eigenvalue weighted by Gasteiger charge is -2.40. The van der Waals surface area contributed by atoms with E-state index in [2.05, 4.69) is 59.1 Å². The van der Waals surface area contributed by atoms with Crippen LogP contribution in [0.2, 0.25) is 0 Å². The summed E-state index contributed by atoms with van der Waals surface area (Å²) in [5.74, 6) is -0.272. The molecule has 322 valence electrons. The standard InChI is InChI=1S/C45H51FN12O4/c1-5-19-57-43(61)33-26-47-44(51-41(33)58(57)36-8-6-7-35(49-36)45(2,3)62)48-29-9-11-30(12-10-29)55-24-22-54(23-25-55)27-28-17-20-56(21-18-28)34-15-13-31-39(52-53(4)40(31)38(34)46)32-14-16-37(59)50-42(32)60/h5-13,15,26,28,32,62H,1,14,16-25,27H2,2-4H3,(H,47,48,51)(H,50,59,60). The number of hydrogen-bond acceptors (Lipinski definition) is 12. The van der Waals surface area contributed by atoms with E-state index < -0.39 is 11.5 Å². The normalized spacial score (nSPS) is 18.2. The second kappa shape index (κ2) is 16.4. The number of hydrogen-bond donors (Lipinski definition) is 3. The van der Waals surface area contributed by atoms with Crippen molar-refractivity contribution in [3.05, 3.63) is 101 Å². The lowest BCUT2D eigenvalue weighted by atomic mass is 9.92. The third kappa shape index (κ3) is 7.81. The van der Waals surface area contributed by atoms with E-state index in [-0.39, 0.29) is 36.2 Å². The van der Waals surface area contributed by atoms with Crippen molar-refractivity contribution >= 4 is 56.8 Å². The zero-order chi connectivity index (χ0) is 43.3. The average Bonchev–Trinajstić information content (AvgIpc) is 3.74. The number of nitrogens with zero attached hydrogens (tertiary/aromatic N) is 10. The number of aryl methyl sites for hydroxylation is 1. The van der Waals surface area contributed by atoms with Crippen molar-refractivity contribution in [3.8, 4) is 5.82 Å². The Labute approximate surface area is 357 Å². The average molecular weight is 843 g/mol. The zero-order valence-electron chi connectivity index (χ0n) is 35.2. The van der Waals surface area contributed by atoms with Crippen molar-refractivity contribution in [2.75, 3.05) is 60.9 Å². The van der Waals surface area contributed by atoms with Crippen LogP contribution in [0.4, 0.5) is 27.4 Å². The van der Waals surface area contributed by atoms with E-state index in [1.54, 1.807) is 49.9 Å². The molecule has 0 saturated carbocycles. The molecular weight excluding hydrogens is 792 g/mol. The highest BCUT2D eigenvalue weighted by Gasteiger charge is 2.33. The summed E-state index contributed by atoms with van der Waals surface area (Å²) in [6, 6.07) is 17.2. The van der Waals surface area contributed by atoms with Crippen molar-refractivity contribution in [1.29, 1.82) is 0 Å². The quantitative estimate of drug-likeness (QED) is 0.121. The van der Waals surface area contributed by atoms with Crippen molar-refractivity contribution in [3.63, 3.8) is 0 Å². The van der Waals surface area contributed by atoms with Gasteiger partial charge in [0, 0.05) is 82.2 Å². The number of piperidine rings is 2. The van der Waals surface area contributed by atoms with Crippen molar-refractivity contribution in [2.24, 2.45) is 13.0 Å². The number of allylic oxidation sites excluding steroid dienone is 1. The first kappa shape index (κ1) is 40.9. The lowest BCUT2D eigenvalue weighted by molar-refractivity contribution is -0.134. The minimum Gasteiger partial charge on any atom is -0.384 e. The fourth-order valence-corrected chi connectivity index (χ4v) is 9.08. The Morgan fingerprint density at radius 3 is 2.40 bits per heavy atom. The molecule has 0 bridgehead atoms. The van der Waals surface area contributed by atoms with E-state index in [1.807, 2.05) is 24.3 Å². The van der Waals surface area contributed by atoms with Gasteiger partial charge in [-0.15, -0.1) is 6.58 Å². The molecule has 6 aromatic rings. The summed E-state index contributed by atoms with van der Waals surface area (Å²) >= 11 is 0. The van der Waals surface area contributed by atoms with E-state index in [9.17, 15) is 19.5 Å². The fourth-order valence-electron chi connectivity index (χ4n) is 9.08. The number of fused-ring (bicyclic) bond motifs is 2. The Morgan fingerprint density at radius 2 is 1.69 bits per heavy atom. The molecule has 3 fully saturated rings. The number of amides is 2. The molecule has 3 aliphatic rings. The van der Waals surface area contributed by atoms with Crippen LogP contribution in [-0.2, 0) is 28.8 Å². The monoisotopic (exact) mass is 842 g/mol. The van der Waals surface area contributed by atoms with E-state index in [0.717, 1.165) is 70.0 Å². The number of anilines is 4. The molecule has 1 atom stereocenters. The van der Waals surface area contributed by atoms with Crippen LogP contribution in [0.1, 0.15) is 56.8 Å². The predicted molar refractivity (Wildman–Crippen MR) is 235 cm³/mol. The molecule has 2 aromatic carbocycles. The van der Waals surface area contributed by atoms with Crippen LogP contribution in [0.15, 0.2) is 78.2 Å². The van der Waals surface area contributed by atoms with Gasteiger partial charge in [-0.1, -0.05) is 12.1 Å². The van der Waals surface area contributed by atoms with Crippen molar-refractivity contribution < 1.29 is 19.1 Å². The molecule has 1 unspecified atom stereocenters. The molecule has 0 aliphatic carbocycles. The van der Waals surface area contributed by atoms with E-state index in [0.29, 0.717) is 63.1 Å². The Bertz CT molecular complexity index is 2740. The van der Waals surface area contributed by atoms with Crippen molar-refractivity contribution in [2.45, 2.75) is 57.6 Å². The summed E-state index contributed by atoms with van der Waals surface area (Å²) in [4.78, 5) is 58.6. The first-order valence-electron chi connectivity index (χ1n) is 21.2. The molecule has 3 N–H and O–H groups in total. The molecule has 9 rings (SSSR count). The Balaban J connectivity index is 0.797. The van der Waals surface area contributed by atoms with E-state index in [4.69, 9.17) is 4.98 Å². The minimum absolute atomic E-state index is 0.231. The van der Waals surface area contributed by atoms with Gasteiger partial charge in [0.05, 0.1) is 29.5 Å². The number of aliphatic hydroxyl groups is 1. The maximum absolute atomic E-state index is 16.1. The number of carbonyl (C=O) groups is 2. The first-order valence-corrected chi connectivity index (χ1v) is 21.2. The largest absolute Gasteiger partial charge is 0.384 e. The molecule has 16 nitrogen and oxygen atoms in total. The first-order chi connectivity index (χ1) is 29.9. The van der Waals surface area contributed by atoms with Gasteiger partial charge >= 0.3 is 0 Å². The Kier molecular flexibility index (Phi) is 10.8. The number of benzene rings is 2. The van der Waals surface area contributed by atoms with E-state index >= 15 is 4.39 Å². The smallest absolute Gasteiger partial charge is 0.278 e. The van der Waals surface area contributed by atoms with Crippen LogP contribution >= 0.6 is 0 Å². The SMILES string of the molecule is C=CCn1c(=O)c2cnc(Nc3ccc(N4CCN(CC5CCN(c6ccc7c(C8CCC(=O)NC8=O)nn(C)c7c6F)CC5)CC4)cc3)nc2n1-c1cccc(C(C)(C)O)n1. The molecule has 2 amide bonds. The summed E-state index contributed by atoms with van der Waals surface area (Å²) in [7, 11) is 1.70. The van der Waals surface area contributed by atoms with Gasteiger partial charge < -0.3 is 20.2 Å².